The molecule has 8 heteroatoms. The largest absolute Gasteiger partial charge is 0.461 e. The van der Waals surface area contributed by atoms with Gasteiger partial charge in [0.15, 0.2) is 0 Å². The predicted octanol–water partition coefficient (Wildman–Crippen LogP) is 4.30. The smallest absolute Gasteiger partial charge is 0.318 e. The summed E-state index contributed by atoms with van der Waals surface area (Å²) in [5.41, 5.74) is 4.77. The highest BCUT2D eigenvalue weighted by Crippen LogP contribution is 2.37. The minimum absolute atomic E-state index is 0.0428. The molecular formula is C32H41N7O. The summed E-state index contributed by atoms with van der Waals surface area (Å²) < 4.78 is 6.46. The third kappa shape index (κ3) is 4.86. The Labute approximate surface area is 237 Å². The van der Waals surface area contributed by atoms with E-state index >= 15 is 0 Å². The van der Waals surface area contributed by atoms with Gasteiger partial charge < -0.3 is 19.9 Å². The number of hydrogen-bond acceptors (Lipinski definition) is 8. The van der Waals surface area contributed by atoms with Gasteiger partial charge in [0.25, 0.3) is 0 Å². The number of ether oxygens (including phenoxy) is 1. The highest BCUT2D eigenvalue weighted by atomic mass is 16.5. The molecule has 4 heterocycles. The van der Waals surface area contributed by atoms with E-state index in [1.807, 2.05) is 0 Å². The quantitative estimate of drug-likeness (QED) is 0.497. The van der Waals surface area contributed by atoms with Crippen LogP contribution in [0.3, 0.4) is 0 Å². The number of nitriles is 1. The highest BCUT2D eigenvalue weighted by Gasteiger charge is 2.41. The number of anilines is 2. The second kappa shape index (κ2) is 10.9. The maximum Gasteiger partial charge on any atom is 0.318 e. The lowest BCUT2D eigenvalue weighted by Crippen LogP contribution is -2.51. The monoisotopic (exact) mass is 539 g/mol. The van der Waals surface area contributed by atoms with E-state index in [-0.39, 0.29) is 11.6 Å². The Kier molecular flexibility index (Phi) is 7.28. The lowest BCUT2D eigenvalue weighted by atomic mass is 9.89. The summed E-state index contributed by atoms with van der Waals surface area (Å²) in [5.74, 6) is 1.52. The number of aryl methyl sites for hydroxylation is 1. The fourth-order valence-corrected chi connectivity index (χ4v) is 6.75. The zero-order valence-corrected chi connectivity index (χ0v) is 24.3. The van der Waals surface area contributed by atoms with Crippen molar-refractivity contribution in [2.24, 2.45) is 5.92 Å². The molecule has 1 N–H and O–H groups in total. The molecule has 8 nitrogen and oxygen atoms in total. The first-order chi connectivity index (χ1) is 19.4. The van der Waals surface area contributed by atoms with E-state index in [0.29, 0.717) is 25.0 Å². The van der Waals surface area contributed by atoms with Crippen LogP contribution in [0.5, 0.6) is 6.01 Å². The summed E-state index contributed by atoms with van der Waals surface area (Å²) in [5, 5.41) is 15.4. The van der Waals surface area contributed by atoms with E-state index in [1.54, 1.807) is 0 Å². The van der Waals surface area contributed by atoms with Gasteiger partial charge in [0.1, 0.15) is 12.4 Å². The summed E-state index contributed by atoms with van der Waals surface area (Å²) in [4.78, 5) is 17.3. The van der Waals surface area contributed by atoms with Crippen LogP contribution in [0.25, 0.3) is 10.8 Å². The number of likely N-dealkylation sites (tertiary alicyclic amines) is 1. The van der Waals surface area contributed by atoms with Gasteiger partial charge in [-0.05, 0) is 63.2 Å². The summed E-state index contributed by atoms with van der Waals surface area (Å²) in [6.07, 6.45) is 2.54. The zero-order chi connectivity index (χ0) is 27.9. The topological polar surface area (TPSA) is 80.6 Å². The van der Waals surface area contributed by atoms with E-state index in [1.165, 1.54) is 34.0 Å². The van der Waals surface area contributed by atoms with Gasteiger partial charge in [-0.2, -0.15) is 15.2 Å². The third-order valence-corrected chi connectivity index (χ3v) is 9.67. The Morgan fingerprint density at radius 1 is 1.12 bits per heavy atom. The van der Waals surface area contributed by atoms with Gasteiger partial charge in [0.2, 0.25) is 0 Å². The van der Waals surface area contributed by atoms with Crippen molar-refractivity contribution in [3.63, 3.8) is 0 Å². The van der Waals surface area contributed by atoms with Crippen LogP contribution in [0.15, 0.2) is 36.4 Å². The van der Waals surface area contributed by atoms with Crippen molar-refractivity contribution in [3.05, 3.63) is 53.2 Å². The van der Waals surface area contributed by atoms with Crippen LogP contribution in [0.4, 0.5) is 11.5 Å². The van der Waals surface area contributed by atoms with Crippen LogP contribution >= 0.6 is 0 Å². The Morgan fingerprint density at radius 2 is 1.95 bits per heavy atom. The third-order valence-electron chi connectivity index (χ3n) is 9.67. The van der Waals surface area contributed by atoms with E-state index in [4.69, 9.17) is 14.7 Å². The summed E-state index contributed by atoms with van der Waals surface area (Å²) in [6.45, 7) is 12.5. The minimum atomic E-state index is -0.0428. The van der Waals surface area contributed by atoms with Crippen molar-refractivity contribution in [2.45, 2.75) is 58.2 Å². The molecule has 3 atom stereocenters. The Balaban J connectivity index is 1.35. The first kappa shape index (κ1) is 26.8. The first-order valence-corrected chi connectivity index (χ1v) is 14.7. The molecule has 3 aromatic rings. The Hall–Kier alpha value is -3.41. The molecule has 0 amide bonds. The van der Waals surface area contributed by atoms with Crippen molar-refractivity contribution >= 4 is 22.3 Å². The van der Waals surface area contributed by atoms with Crippen LogP contribution < -0.4 is 19.9 Å². The van der Waals surface area contributed by atoms with E-state index in [2.05, 4.69) is 90.3 Å². The molecule has 2 saturated heterocycles. The van der Waals surface area contributed by atoms with Crippen molar-refractivity contribution in [1.82, 2.24) is 20.2 Å². The number of likely N-dealkylation sites (N-methyl/N-ethyl adjacent to an activating group) is 1. The predicted molar refractivity (Wildman–Crippen MR) is 160 cm³/mol. The molecule has 6 rings (SSSR count). The van der Waals surface area contributed by atoms with Crippen molar-refractivity contribution in [1.29, 1.82) is 5.26 Å². The van der Waals surface area contributed by atoms with Crippen LogP contribution in [0, 0.1) is 24.2 Å². The lowest BCUT2D eigenvalue weighted by Gasteiger charge is -2.38. The molecule has 1 aromatic heterocycles. The fourth-order valence-electron chi connectivity index (χ4n) is 6.75. The molecule has 210 valence electrons. The Morgan fingerprint density at radius 3 is 2.73 bits per heavy atom. The fraction of sp³-hybridized carbons (Fsp3) is 0.531. The lowest BCUT2D eigenvalue weighted by molar-refractivity contribution is 0.0801. The molecular weight excluding hydrogens is 498 g/mol. The average Bonchev–Trinajstić information content (AvgIpc) is 3.22. The summed E-state index contributed by atoms with van der Waals surface area (Å²) in [7, 11) is 2.19. The molecule has 40 heavy (non-hydrogen) atoms. The number of fused-ring (bicyclic) bond motifs is 2. The molecule has 2 aromatic carbocycles. The van der Waals surface area contributed by atoms with Crippen molar-refractivity contribution in [3.8, 4) is 12.1 Å². The molecule has 0 aliphatic carbocycles. The van der Waals surface area contributed by atoms with E-state index in [0.717, 1.165) is 57.2 Å². The maximum atomic E-state index is 9.32. The van der Waals surface area contributed by atoms with Crippen molar-refractivity contribution < 1.29 is 4.74 Å². The van der Waals surface area contributed by atoms with Gasteiger partial charge in [0, 0.05) is 48.9 Å². The number of hydrogen-bond donors (Lipinski definition) is 1. The van der Waals surface area contributed by atoms with Gasteiger partial charge in [0.05, 0.1) is 30.3 Å². The van der Waals surface area contributed by atoms with Crippen LogP contribution in [-0.4, -0.2) is 72.8 Å². The van der Waals surface area contributed by atoms with Crippen LogP contribution in [0.2, 0.25) is 0 Å². The first-order valence-electron chi connectivity index (χ1n) is 14.7. The number of rotatable bonds is 6. The van der Waals surface area contributed by atoms with Gasteiger partial charge in [-0.25, -0.2) is 0 Å². The standard InChI is InChI=1S/C32H41N7O/c1-22-7-5-8-24-9-6-10-28(29(22)24)38-17-13-26-27(20-38)35-31(40-21-32(3)23(2)12-16-37(32)4)36-30(26)39-18-15-34-25(19-39)11-14-33/h5-10,23,25,34H,11-13,15-21H2,1-4H3/t23?,25-,32+/m0/s1. The number of piperazine rings is 1. The number of aromatic nitrogens is 2. The Bertz CT molecular complexity index is 1420. The minimum Gasteiger partial charge on any atom is -0.461 e. The van der Waals surface area contributed by atoms with Crippen LogP contribution in [-0.2, 0) is 13.0 Å². The molecule has 0 radical (unpaired) electrons. The van der Waals surface area contributed by atoms with Gasteiger partial charge in [-0.3, -0.25) is 4.90 Å². The average molecular weight is 540 g/mol. The molecule has 0 spiro atoms. The summed E-state index contributed by atoms with van der Waals surface area (Å²) in [6, 6.07) is 16.0. The number of nitrogens with zero attached hydrogens (tertiary/aromatic N) is 6. The molecule has 1 unspecified atom stereocenters. The van der Waals surface area contributed by atoms with Gasteiger partial charge >= 0.3 is 6.01 Å². The molecule has 3 aliphatic heterocycles. The second-order valence-corrected chi connectivity index (χ2v) is 12.1. The number of benzene rings is 2. The van der Waals surface area contributed by atoms with E-state index < -0.39 is 0 Å². The zero-order valence-electron chi connectivity index (χ0n) is 24.3. The molecule has 2 fully saturated rings. The molecule has 0 saturated carbocycles. The summed E-state index contributed by atoms with van der Waals surface area (Å²) >= 11 is 0. The normalized spacial score (nSPS) is 25.2. The number of nitrogens with one attached hydrogen (secondary N) is 1. The van der Waals surface area contributed by atoms with Crippen LogP contribution in [0.1, 0.15) is 43.5 Å². The highest BCUT2D eigenvalue weighted by molar-refractivity contribution is 5.97. The van der Waals surface area contributed by atoms with Gasteiger partial charge in [-0.1, -0.05) is 37.3 Å². The second-order valence-electron chi connectivity index (χ2n) is 12.1. The maximum absolute atomic E-state index is 9.32. The van der Waals surface area contributed by atoms with Crippen molar-refractivity contribution in [2.75, 3.05) is 56.2 Å². The SMILES string of the molecule is Cc1cccc2cccc(N3CCc4c(nc(OC[C@]5(C)C(C)CCN5C)nc4N4CCN[C@@H](CC#N)C4)C3)c12. The van der Waals surface area contributed by atoms with E-state index in [9.17, 15) is 5.26 Å². The molecule has 0 bridgehead atoms. The molecule has 3 aliphatic rings. The van der Waals surface area contributed by atoms with Gasteiger partial charge in [-0.15, -0.1) is 0 Å².